The van der Waals surface area contributed by atoms with Gasteiger partial charge in [0.15, 0.2) is 0 Å². The Morgan fingerprint density at radius 3 is 2.73 bits per heavy atom. The lowest BCUT2D eigenvalue weighted by Crippen LogP contribution is -2.22. The molecule has 0 amide bonds. The van der Waals surface area contributed by atoms with Crippen LogP contribution in [0.5, 0.6) is 0 Å². The fraction of sp³-hybridized carbons (Fsp3) is 0.500. The molecule has 0 aromatic heterocycles. The predicted molar refractivity (Wildman–Crippen MR) is 63.3 cm³/mol. The average molecular weight is 272 g/mol. The van der Waals surface area contributed by atoms with Gasteiger partial charge in [-0.2, -0.15) is 0 Å². The summed E-state index contributed by atoms with van der Waals surface area (Å²) in [6, 6.07) is 3.38. The van der Waals surface area contributed by atoms with E-state index in [9.17, 15) is 4.39 Å². The molecule has 2 N–H and O–H groups in total. The van der Waals surface area contributed by atoms with Gasteiger partial charge in [-0.05, 0) is 65.7 Å². The Balaban J connectivity index is 2.11. The molecule has 0 aliphatic heterocycles. The van der Waals surface area contributed by atoms with E-state index in [2.05, 4.69) is 15.9 Å². The van der Waals surface area contributed by atoms with Crippen LogP contribution in [-0.2, 0) is 6.42 Å². The normalized spacial score (nSPS) is 17.9. The van der Waals surface area contributed by atoms with Crippen molar-refractivity contribution in [2.75, 3.05) is 0 Å². The smallest absolute Gasteiger partial charge is 0.137 e. The third-order valence-electron chi connectivity index (χ3n) is 3.24. The SMILES string of the molecule is Cc1c(CCC2(N)CC2)ccc(F)c1Br. The molecule has 82 valence electrons. The largest absolute Gasteiger partial charge is 0.325 e. The van der Waals surface area contributed by atoms with Crippen molar-refractivity contribution in [1.29, 1.82) is 0 Å². The molecule has 15 heavy (non-hydrogen) atoms. The zero-order valence-corrected chi connectivity index (χ0v) is 10.4. The molecule has 3 heteroatoms. The second kappa shape index (κ2) is 3.87. The minimum Gasteiger partial charge on any atom is -0.325 e. The second-order valence-electron chi connectivity index (χ2n) is 4.51. The van der Waals surface area contributed by atoms with E-state index in [0.29, 0.717) is 4.47 Å². The van der Waals surface area contributed by atoms with E-state index in [1.807, 2.05) is 13.0 Å². The van der Waals surface area contributed by atoms with Crippen molar-refractivity contribution in [3.8, 4) is 0 Å². The fourth-order valence-electron chi connectivity index (χ4n) is 1.76. The number of rotatable bonds is 3. The molecule has 1 aliphatic rings. The third-order valence-corrected chi connectivity index (χ3v) is 4.21. The number of benzene rings is 1. The molecule has 1 fully saturated rings. The number of nitrogens with two attached hydrogens (primary N) is 1. The summed E-state index contributed by atoms with van der Waals surface area (Å²) in [5.41, 5.74) is 8.30. The highest BCUT2D eigenvalue weighted by Gasteiger charge is 2.37. The molecule has 0 heterocycles. The first kappa shape index (κ1) is 11.1. The summed E-state index contributed by atoms with van der Waals surface area (Å²) in [7, 11) is 0. The molecule has 0 radical (unpaired) electrons. The molecule has 0 bridgehead atoms. The molecule has 0 atom stereocenters. The quantitative estimate of drug-likeness (QED) is 0.897. The van der Waals surface area contributed by atoms with Crippen LogP contribution < -0.4 is 5.73 Å². The van der Waals surface area contributed by atoms with Crippen LogP contribution in [0.15, 0.2) is 16.6 Å². The summed E-state index contributed by atoms with van der Waals surface area (Å²) in [5.74, 6) is -0.190. The highest BCUT2D eigenvalue weighted by molar-refractivity contribution is 9.10. The third kappa shape index (κ3) is 2.40. The number of hydrogen-bond acceptors (Lipinski definition) is 1. The minimum atomic E-state index is -0.190. The van der Waals surface area contributed by atoms with E-state index in [-0.39, 0.29) is 11.4 Å². The van der Waals surface area contributed by atoms with Crippen LogP contribution in [0.2, 0.25) is 0 Å². The van der Waals surface area contributed by atoms with Gasteiger partial charge in [0.1, 0.15) is 5.82 Å². The van der Waals surface area contributed by atoms with Crippen molar-refractivity contribution in [3.05, 3.63) is 33.5 Å². The highest BCUT2D eigenvalue weighted by atomic mass is 79.9. The van der Waals surface area contributed by atoms with Crippen molar-refractivity contribution in [2.24, 2.45) is 5.73 Å². The maximum absolute atomic E-state index is 13.2. The van der Waals surface area contributed by atoms with Crippen LogP contribution in [0.4, 0.5) is 4.39 Å². The molecule has 0 spiro atoms. The van der Waals surface area contributed by atoms with Crippen LogP contribution in [0.25, 0.3) is 0 Å². The molecular weight excluding hydrogens is 257 g/mol. The monoisotopic (exact) mass is 271 g/mol. The Morgan fingerprint density at radius 1 is 1.47 bits per heavy atom. The van der Waals surface area contributed by atoms with E-state index >= 15 is 0 Å². The number of halogens is 2. The summed E-state index contributed by atoms with van der Waals surface area (Å²) in [6.07, 6.45) is 4.22. The molecule has 0 unspecified atom stereocenters. The van der Waals surface area contributed by atoms with Gasteiger partial charge in [0.25, 0.3) is 0 Å². The van der Waals surface area contributed by atoms with Gasteiger partial charge in [-0.1, -0.05) is 6.07 Å². The molecule has 1 saturated carbocycles. The van der Waals surface area contributed by atoms with Gasteiger partial charge in [-0.25, -0.2) is 4.39 Å². The molecule has 0 saturated heterocycles. The van der Waals surface area contributed by atoms with Crippen LogP contribution >= 0.6 is 15.9 Å². The summed E-state index contributed by atoms with van der Waals surface area (Å²) < 4.78 is 13.8. The lowest BCUT2D eigenvalue weighted by Gasteiger charge is -2.11. The molecule has 1 aromatic carbocycles. The van der Waals surface area contributed by atoms with Gasteiger partial charge in [0.2, 0.25) is 0 Å². The van der Waals surface area contributed by atoms with Crippen molar-refractivity contribution < 1.29 is 4.39 Å². The maximum Gasteiger partial charge on any atom is 0.137 e. The van der Waals surface area contributed by atoms with Gasteiger partial charge in [0.05, 0.1) is 4.47 Å². The number of aryl methyl sites for hydroxylation is 1. The standard InChI is InChI=1S/C12H15BrFN/c1-8-9(2-3-10(14)11(8)13)4-5-12(15)6-7-12/h2-3H,4-7,15H2,1H3. The van der Waals surface area contributed by atoms with Crippen LogP contribution in [0.3, 0.4) is 0 Å². The van der Waals surface area contributed by atoms with Crippen molar-refractivity contribution in [2.45, 2.75) is 38.1 Å². The van der Waals surface area contributed by atoms with Gasteiger partial charge < -0.3 is 5.73 Å². The van der Waals surface area contributed by atoms with Crippen molar-refractivity contribution in [3.63, 3.8) is 0 Å². The topological polar surface area (TPSA) is 26.0 Å². The van der Waals surface area contributed by atoms with Gasteiger partial charge in [-0.3, -0.25) is 0 Å². The zero-order chi connectivity index (χ0) is 11.1. The van der Waals surface area contributed by atoms with Crippen LogP contribution in [0.1, 0.15) is 30.4 Å². The number of hydrogen-bond donors (Lipinski definition) is 1. The maximum atomic E-state index is 13.2. The van der Waals surface area contributed by atoms with Gasteiger partial charge in [-0.15, -0.1) is 0 Å². The van der Waals surface area contributed by atoms with E-state index in [1.165, 1.54) is 11.6 Å². The summed E-state index contributed by atoms with van der Waals surface area (Å²) in [6.45, 7) is 1.94. The van der Waals surface area contributed by atoms with Crippen LogP contribution in [-0.4, -0.2) is 5.54 Å². The summed E-state index contributed by atoms with van der Waals surface area (Å²) in [5, 5.41) is 0. The van der Waals surface area contributed by atoms with Crippen LogP contribution in [0, 0.1) is 12.7 Å². The van der Waals surface area contributed by atoms with Gasteiger partial charge in [0, 0.05) is 5.54 Å². The van der Waals surface area contributed by atoms with E-state index in [0.717, 1.165) is 31.2 Å². The fourth-order valence-corrected chi connectivity index (χ4v) is 2.14. The Labute approximate surface area is 98.0 Å². The summed E-state index contributed by atoms with van der Waals surface area (Å²) in [4.78, 5) is 0. The zero-order valence-electron chi connectivity index (χ0n) is 8.82. The minimum absolute atomic E-state index is 0.0767. The van der Waals surface area contributed by atoms with E-state index in [1.54, 1.807) is 0 Å². The molecule has 1 nitrogen and oxygen atoms in total. The Morgan fingerprint density at radius 2 is 2.13 bits per heavy atom. The van der Waals surface area contributed by atoms with Gasteiger partial charge >= 0.3 is 0 Å². The molecule has 2 rings (SSSR count). The molecular formula is C12H15BrFN. The second-order valence-corrected chi connectivity index (χ2v) is 5.30. The van der Waals surface area contributed by atoms with Crippen molar-refractivity contribution in [1.82, 2.24) is 0 Å². The Hall–Kier alpha value is -0.410. The molecule has 1 aromatic rings. The van der Waals surface area contributed by atoms with Crippen molar-refractivity contribution >= 4 is 15.9 Å². The lowest BCUT2D eigenvalue weighted by molar-refractivity contribution is 0.601. The molecule has 1 aliphatic carbocycles. The van der Waals surface area contributed by atoms with E-state index < -0.39 is 0 Å². The highest BCUT2D eigenvalue weighted by Crippen LogP contribution is 2.37. The predicted octanol–water partition coefficient (Wildman–Crippen LogP) is 3.32. The summed E-state index contributed by atoms with van der Waals surface area (Å²) >= 11 is 3.26. The lowest BCUT2D eigenvalue weighted by atomic mass is 10.0. The Bertz CT molecular complexity index is 385. The average Bonchev–Trinajstić information content (AvgIpc) is 2.93. The first-order chi connectivity index (χ1) is 7.02. The Kier molecular flexibility index (Phi) is 2.86. The first-order valence-corrected chi connectivity index (χ1v) is 6.03. The first-order valence-electron chi connectivity index (χ1n) is 5.24. The van der Waals surface area contributed by atoms with E-state index in [4.69, 9.17) is 5.73 Å².